The van der Waals surface area contributed by atoms with E-state index in [0.717, 1.165) is 0 Å². The second kappa shape index (κ2) is 8.27. The molecule has 25 heavy (non-hydrogen) atoms. The number of carbonyl (C=O) groups is 1. The number of halogens is 1. The van der Waals surface area contributed by atoms with Crippen LogP contribution in [0.25, 0.3) is 0 Å². The molecule has 0 radical (unpaired) electrons. The molecule has 6 heteroatoms. The van der Waals surface area contributed by atoms with Gasteiger partial charge in [-0.3, -0.25) is 5.32 Å². The Labute approximate surface area is 146 Å². The molecule has 2 aromatic carbocycles. The fourth-order valence-electron chi connectivity index (χ4n) is 2.65. The van der Waals surface area contributed by atoms with Gasteiger partial charge in [-0.1, -0.05) is 18.2 Å². The molecule has 2 rings (SSSR count). The Kier molecular flexibility index (Phi) is 6.09. The van der Waals surface area contributed by atoms with Crippen LogP contribution in [0, 0.1) is 17.1 Å². The number of carbonyl (C=O) groups excluding carboxylic acids is 1. The van der Waals surface area contributed by atoms with Crippen LogP contribution in [0.4, 0.5) is 4.39 Å². The fourth-order valence-corrected chi connectivity index (χ4v) is 2.65. The van der Waals surface area contributed by atoms with E-state index < -0.39 is 23.9 Å². The third-order valence-corrected chi connectivity index (χ3v) is 3.87. The molecule has 130 valence electrons. The molecule has 0 aromatic heterocycles. The lowest BCUT2D eigenvalue weighted by Gasteiger charge is -2.24. The smallest absolute Gasteiger partial charge is 0.327 e. The normalized spacial score (nSPS) is 12.8. The van der Waals surface area contributed by atoms with Gasteiger partial charge in [0, 0.05) is 11.6 Å². The molecule has 0 bridgehead atoms. The van der Waals surface area contributed by atoms with Crippen LogP contribution in [-0.4, -0.2) is 20.2 Å². The molecule has 0 aliphatic carbocycles. The molecule has 0 spiro atoms. The molecular weight excluding hydrogens is 323 g/mol. The Morgan fingerprint density at radius 3 is 2.60 bits per heavy atom. The van der Waals surface area contributed by atoms with Gasteiger partial charge in [0.25, 0.3) is 0 Å². The van der Waals surface area contributed by atoms with Gasteiger partial charge in [0.05, 0.1) is 25.9 Å². The summed E-state index contributed by atoms with van der Waals surface area (Å²) in [6, 6.07) is 11.8. The lowest BCUT2D eigenvalue weighted by Crippen LogP contribution is -2.32. The molecule has 0 fully saturated rings. The number of hydrogen-bond acceptors (Lipinski definition) is 5. The Morgan fingerprint density at radius 2 is 1.96 bits per heavy atom. The molecular formula is C19H19FN2O3. The summed E-state index contributed by atoms with van der Waals surface area (Å²) < 4.78 is 24.3. The number of esters is 1. The number of nitriles is 1. The standard InChI is InChI=1S/C19H19FN2O3/c1-12(17-15(20)8-5-9-16(17)24-2)22-18(19(23)25-3)14-7-4-6-13(10-14)11-21/h4-10,12,18,22H,1-3H3/t12-,18+/m1/s1. The number of ether oxygens (including phenoxy) is 2. The summed E-state index contributed by atoms with van der Waals surface area (Å²) in [6.07, 6.45) is 0. The van der Waals surface area contributed by atoms with E-state index in [1.807, 2.05) is 6.07 Å². The van der Waals surface area contributed by atoms with Crippen molar-refractivity contribution < 1.29 is 18.7 Å². The first kappa shape index (κ1) is 18.4. The number of benzene rings is 2. The van der Waals surface area contributed by atoms with Crippen LogP contribution >= 0.6 is 0 Å². The van der Waals surface area contributed by atoms with Gasteiger partial charge < -0.3 is 9.47 Å². The van der Waals surface area contributed by atoms with Crippen LogP contribution < -0.4 is 10.1 Å². The van der Waals surface area contributed by atoms with Gasteiger partial charge in [-0.15, -0.1) is 0 Å². The van der Waals surface area contributed by atoms with Gasteiger partial charge in [-0.05, 0) is 36.8 Å². The van der Waals surface area contributed by atoms with Crippen LogP contribution in [-0.2, 0) is 9.53 Å². The summed E-state index contributed by atoms with van der Waals surface area (Å²) in [5.74, 6) is -0.583. The summed E-state index contributed by atoms with van der Waals surface area (Å²) in [5, 5.41) is 12.1. The molecule has 0 aliphatic heterocycles. The van der Waals surface area contributed by atoms with E-state index in [9.17, 15) is 9.18 Å². The monoisotopic (exact) mass is 342 g/mol. The van der Waals surface area contributed by atoms with Crippen molar-refractivity contribution in [1.29, 1.82) is 5.26 Å². The van der Waals surface area contributed by atoms with Gasteiger partial charge in [0.15, 0.2) is 0 Å². The van der Waals surface area contributed by atoms with Crippen LogP contribution in [0.1, 0.15) is 35.7 Å². The number of rotatable bonds is 6. The molecule has 0 amide bonds. The van der Waals surface area contributed by atoms with Gasteiger partial charge in [0.1, 0.15) is 17.6 Å². The van der Waals surface area contributed by atoms with Gasteiger partial charge in [-0.25, -0.2) is 9.18 Å². The minimum absolute atomic E-state index is 0.315. The number of methoxy groups -OCH3 is 2. The fraction of sp³-hybridized carbons (Fsp3) is 0.263. The van der Waals surface area contributed by atoms with Crippen LogP contribution in [0.3, 0.4) is 0 Å². The quantitative estimate of drug-likeness (QED) is 0.816. The highest BCUT2D eigenvalue weighted by Crippen LogP contribution is 2.30. The minimum Gasteiger partial charge on any atom is -0.496 e. The van der Waals surface area contributed by atoms with Crippen molar-refractivity contribution in [2.24, 2.45) is 0 Å². The maximum atomic E-state index is 14.3. The molecule has 2 aromatic rings. The van der Waals surface area contributed by atoms with E-state index in [1.54, 1.807) is 43.3 Å². The molecule has 0 saturated heterocycles. The summed E-state index contributed by atoms with van der Waals surface area (Å²) in [5.41, 5.74) is 1.30. The molecule has 0 unspecified atom stereocenters. The largest absolute Gasteiger partial charge is 0.496 e. The van der Waals surface area contributed by atoms with E-state index in [4.69, 9.17) is 14.7 Å². The van der Waals surface area contributed by atoms with Crippen molar-refractivity contribution in [2.75, 3.05) is 14.2 Å². The zero-order chi connectivity index (χ0) is 18.4. The highest BCUT2D eigenvalue weighted by Gasteiger charge is 2.26. The maximum absolute atomic E-state index is 14.3. The molecule has 0 saturated carbocycles. The third-order valence-electron chi connectivity index (χ3n) is 3.87. The zero-order valence-electron chi connectivity index (χ0n) is 14.2. The van der Waals surface area contributed by atoms with Crippen LogP contribution in [0.15, 0.2) is 42.5 Å². The van der Waals surface area contributed by atoms with Crippen molar-refractivity contribution >= 4 is 5.97 Å². The van der Waals surface area contributed by atoms with E-state index in [0.29, 0.717) is 22.4 Å². The lowest BCUT2D eigenvalue weighted by molar-refractivity contribution is -0.143. The summed E-state index contributed by atoms with van der Waals surface area (Å²) in [4.78, 5) is 12.2. The first-order chi connectivity index (χ1) is 12.0. The Balaban J connectivity index is 2.38. The van der Waals surface area contributed by atoms with Crippen molar-refractivity contribution in [2.45, 2.75) is 19.0 Å². The first-order valence-corrected chi connectivity index (χ1v) is 7.68. The molecule has 1 N–H and O–H groups in total. The van der Waals surface area contributed by atoms with Gasteiger partial charge in [-0.2, -0.15) is 5.26 Å². The van der Waals surface area contributed by atoms with E-state index >= 15 is 0 Å². The SMILES string of the molecule is COC(=O)[C@@H](N[C@H](C)c1c(F)cccc1OC)c1cccc(C#N)c1. The predicted molar refractivity (Wildman–Crippen MR) is 90.4 cm³/mol. The van der Waals surface area contributed by atoms with Crippen molar-refractivity contribution in [3.8, 4) is 11.8 Å². The molecule has 0 aliphatic rings. The minimum atomic E-state index is -0.849. The van der Waals surface area contributed by atoms with E-state index in [2.05, 4.69) is 5.32 Å². The topological polar surface area (TPSA) is 71.3 Å². The van der Waals surface area contributed by atoms with Gasteiger partial charge in [0.2, 0.25) is 0 Å². The Bertz CT molecular complexity index is 801. The van der Waals surface area contributed by atoms with Crippen molar-refractivity contribution in [3.05, 3.63) is 65.0 Å². The zero-order valence-corrected chi connectivity index (χ0v) is 14.2. The average Bonchev–Trinajstić information content (AvgIpc) is 2.64. The highest BCUT2D eigenvalue weighted by molar-refractivity contribution is 5.77. The third kappa shape index (κ3) is 4.14. The van der Waals surface area contributed by atoms with Gasteiger partial charge >= 0.3 is 5.97 Å². The average molecular weight is 342 g/mol. The Morgan fingerprint density at radius 1 is 1.24 bits per heavy atom. The second-order valence-corrected chi connectivity index (χ2v) is 5.44. The highest BCUT2D eigenvalue weighted by atomic mass is 19.1. The van der Waals surface area contributed by atoms with E-state index in [1.165, 1.54) is 20.3 Å². The predicted octanol–water partition coefficient (Wildman–Crippen LogP) is 3.27. The lowest BCUT2D eigenvalue weighted by atomic mass is 10.0. The van der Waals surface area contributed by atoms with Crippen molar-refractivity contribution in [3.63, 3.8) is 0 Å². The number of nitrogens with zero attached hydrogens (tertiary/aromatic N) is 1. The van der Waals surface area contributed by atoms with Crippen molar-refractivity contribution in [1.82, 2.24) is 5.32 Å². The van der Waals surface area contributed by atoms with Crippen LogP contribution in [0.5, 0.6) is 5.75 Å². The number of hydrogen-bond donors (Lipinski definition) is 1. The maximum Gasteiger partial charge on any atom is 0.327 e. The number of nitrogens with one attached hydrogen (secondary N) is 1. The first-order valence-electron chi connectivity index (χ1n) is 7.68. The molecule has 2 atom stereocenters. The Hall–Kier alpha value is -2.91. The summed E-state index contributed by atoms with van der Waals surface area (Å²) >= 11 is 0. The summed E-state index contributed by atoms with van der Waals surface area (Å²) in [6.45, 7) is 1.73. The molecule has 5 nitrogen and oxygen atoms in total. The van der Waals surface area contributed by atoms with E-state index in [-0.39, 0.29) is 0 Å². The molecule has 0 heterocycles. The summed E-state index contributed by atoms with van der Waals surface area (Å²) in [7, 11) is 2.73. The second-order valence-electron chi connectivity index (χ2n) is 5.44. The van der Waals surface area contributed by atoms with Crippen LogP contribution in [0.2, 0.25) is 0 Å².